The van der Waals surface area contributed by atoms with Crippen LogP contribution in [0.3, 0.4) is 0 Å². The van der Waals surface area contributed by atoms with E-state index in [1.165, 1.54) is 6.26 Å². The van der Waals surface area contributed by atoms with Gasteiger partial charge < -0.3 is 11.1 Å². The number of hydrogen-bond acceptors (Lipinski definition) is 4. The largest absolute Gasteiger partial charge is 0.324 e. The van der Waals surface area contributed by atoms with Gasteiger partial charge in [-0.25, -0.2) is 8.42 Å². The molecule has 0 radical (unpaired) electrons. The zero-order chi connectivity index (χ0) is 16.4. The molecule has 0 aliphatic heterocycles. The van der Waals surface area contributed by atoms with E-state index in [-0.39, 0.29) is 11.7 Å². The van der Waals surface area contributed by atoms with E-state index in [2.05, 4.69) is 5.32 Å². The van der Waals surface area contributed by atoms with Gasteiger partial charge in [0.05, 0.1) is 11.3 Å². The average Bonchev–Trinajstić information content (AvgIpc) is 2.42. The molecule has 0 atom stereocenters. The third kappa shape index (κ3) is 4.08. The molecule has 0 unspecified atom stereocenters. The first-order valence-electron chi connectivity index (χ1n) is 7.58. The van der Waals surface area contributed by atoms with Crippen LogP contribution in [0, 0.1) is 6.92 Å². The van der Waals surface area contributed by atoms with E-state index in [0.717, 1.165) is 24.8 Å². The van der Waals surface area contributed by atoms with Gasteiger partial charge in [-0.3, -0.25) is 4.79 Å². The molecule has 1 aromatic carbocycles. The molecule has 0 heterocycles. The molecule has 6 heteroatoms. The Balaban J connectivity index is 2.19. The first-order valence-corrected chi connectivity index (χ1v) is 9.64. The zero-order valence-corrected chi connectivity index (χ0v) is 14.0. The van der Waals surface area contributed by atoms with Crippen LogP contribution in [0.4, 0.5) is 5.69 Å². The van der Waals surface area contributed by atoms with Gasteiger partial charge in [0, 0.05) is 11.9 Å². The van der Waals surface area contributed by atoms with Crippen LogP contribution in [0.15, 0.2) is 18.2 Å². The number of nitrogens with two attached hydrogens (primary N) is 1. The van der Waals surface area contributed by atoms with Crippen molar-refractivity contribution in [2.24, 2.45) is 5.73 Å². The summed E-state index contributed by atoms with van der Waals surface area (Å²) >= 11 is 0. The maximum Gasteiger partial charge on any atom is 0.244 e. The number of carbonyl (C=O) groups excluding carboxylic acids is 1. The molecular weight excluding hydrogens is 300 g/mol. The molecule has 0 saturated heterocycles. The van der Waals surface area contributed by atoms with Crippen LogP contribution >= 0.6 is 0 Å². The van der Waals surface area contributed by atoms with Crippen LogP contribution in [-0.4, -0.2) is 26.1 Å². The van der Waals surface area contributed by atoms with E-state index >= 15 is 0 Å². The summed E-state index contributed by atoms with van der Waals surface area (Å²) in [5.74, 6) is -0.206. The minimum Gasteiger partial charge on any atom is -0.324 e. The van der Waals surface area contributed by atoms with Gasteiger partial charge in [0.25, 0.3) is 0 Å². The second-order valence-corrected chi connectivity index (χ2v) is 8.47. The van der Waals surface area contributed by atoms with Crippen molar-refractivity contribution in [2.45, 2.75) is 50.3 Å². The molecule has 122 valence electrons. The maximum absolute atomic E-state index is 12.5. The van der Waals surface area contributed by atoms with E-state index in [4.69, 9.17) is 5.73 Å². The van der Waals surface area contributed by atoms with Crippen molar-refractivity contribution in [3.8, 4) is 0 Å². The van der Waals surface area contributed by atoms with Crippen LogP contribution in [-0.2, 0) is 20.4 Å². The summed E-state index contributed by atoms with van der Waals surface area (Å²) in [5, 5.41) is 2.89. The lowest BCUT2D eigenvalue weighted by Crippen LogP contribution is -2.52. The Morgan fingerprint density at radius 2 is 1.91 bits per heavy atom. The van der Waals surface area contributed by atoms with Crippen LogP contribution in [0.25, 0.3) is 0 Å². The van der Waals surface area contributed by atoms with Gasteiger partial charge >= 0.3 is 0 Å². The molecule has 1 aromatic rings. The summed E-state index contributed by atoms with van der Waals surface area (Å²) in [6, 6.07) is 5.31. The molecule has 0 bridgehead atoms. The van der Waals surface area contributed by atoms with Crippen LogP contribution in [0.5, 0.6) is 0 Å². The van der Waals surface area contributed by atoms with Crippen molar-refractivity contribution in [3.63, 3.8) is 0 Å². The Morgan fingerprint density at radius 1 is 1.27 bits per heavy atom. The van der Waals surface area contributed by atoms with Gasteiger partial charge in [-0.1, -0.05) is 31.4 Å². The summed E-state index contributed by atoms with van der Waals surface area (Å²) in [6.07, 6.45) is 5.65. The highest BCUT2D eigenvalue weighted by atomic mass is 32.2. The molecule has 22 heavy (non-hydrogen) atoms. The number of rotatable bonds is 4. The van der Waals surface area contributed by atoms with Crippen molar-refractivity contribution in [1.29, 1.82) is 0 Å². The van der Waals surface area contributed by atoms with Crippen molar-refractivity contribution in [2.75, 3.05) is 11.6 Å². The molecular formula is C16H24N2O3S. The minimum absolute atomic E-state index is 0.0314. The molecule has 1 aliphatic carbocycles. The first kappa shape index (κ1) is 17.0. The predicted octanol–water partition coefficient (Wildman–Crippen LogP) is 2.14. The number of nitrogens with one attached hydrogen (secondary N) is 1. The second-order valence-electron chi connectivity index (χ2n) is 6.33. The molecule has 1 aliphatic rings. The zero-order valence-electron chi connectivity index (χ0n) is 13.2. The fourth-order valence-electron chi connectivity index (χ4n) is 2.91. The van der Waals surface area contributed by atoms with Crippen LogP contribution in [0.2, 0.25) is 0 Å². The van der Waals surface area contributed by atoms with E-state index < -0.39 is 15.4 Å². The van der Waals surface area contributed by atoms with Crippen molar-refractivity contribution < 1.29 is 13.2 Å². The van der Waals surface area contributed by atoms with Gasteiger partial charge in [0.1, 0.15) is 0 Å². The number of carbonyl (C=O) groups is 1. The summed E-state index contributed by atoms with van der Waals surface area (Å²) < 4.78 is 23.0. The summed E-state index contributed by atoms with van der Waals surface area (Å²) in [4.78, 5) is 12.5. The highest BCUT2D eigenvalue weighted by molar-refractivity contribution is 7.89. The molecule has 3 N–H and O–H groups in total. The normalized spacial score (nSPS) is 18.0. The third-order valence-corrected chi connectivity index (χ3v) is 5.15. The summed E-state index contributed by atoms with van der Waals surface area (Å²) in [5.41, 5.74) is 7.55. The Kier molecular flexibility index (Phi) is 4.92. The first-order chi connectivity index (χ1) is 10.2. The number of anilines is 1. The van der Waals surface area contributed by atoms with Gasteiger partial charge in [-0.05, 0) is 37.0 Å². The highest BCUT2D eigenvalue weighted by Gasteiger charge is 2.35. The minimum atomic E-state index is -3.11. The number of sulfone groups is 1. The van der Waals surface area contributed by atoms with Crippen LogP contribution in [0.1, 0.15) is 43.2 Å². The molecule has 1 saturated carbocycles. The molecule has 2 rings (SSSR count). The van der Waals surface area contributed by atoms with E-state index in [1.807, 2.05) is 6.92 Å². The highest BCUT2D eigenvalue weighted by Crippen LogP contribution is 2.28. The Labute approximate surface area is 132 Å². The van der Waals surface area contributed by atoms with Crippen molar-refractivity contribution in [3.05, 3.63) is 29.3 Å². The van der Waals surface area contributed by atoms with Crippen molar-refractivity contribution in [1.82, 2.24) is 0 Å². The quantitative estimate of drug-likeness (QED) is 0.888. The summed E-state index contributed by atoms with van der Waals surface area (Å²) in [7, 11) is -3.11. The SMILES string of the molecule is Cc1c(CS(C)(=O)=O)cccc1NC(=O)C1(N)CCCCC1. The topological polar surface area (TPSA) is 89.3 Å². The summed E-state index contributed by atoms with van der Waals surface area (Å²) in [6.45, 7) is 1.82. The van der Waals surface area contributed by atoms with E-state index in [9.17, 15) is 13.2 Å². The van der Waals surface area contributed by atoms with E-state index in [0.29, 0.717) is 24.1 Å². The maximum atomic E-state index is 12.5. The molecule has 0 aromatic heterocycles. The molecule has 5 nitrogen and oxygen atoms in total. The van der Waals surface area contributed by atoms with Gasteiger partial charge in [-0.15, -0.1) is 0 Å². The molecule has 1 fully saturated rings. The number of amides is 1. The average molecular weight is 324 g/mol. The fraction of sp³-hybridized carbons (Fsp3) is 0.562. The van der Waals surface area contributed by atoms with Crippen molar-refractivity contribution >= 4 is 21.4 Å². The standard InChI is InChI=1S/C16H24N2O3S/c1-12-13(11-22(2,20)21)7-6-8-14(12)18-15(19)16(17)9-4-3-5-10-16/h6-8H,3-5,9-11,17H2,1-2H3,(H,18,19). The third-order valence-electron chi connectivity index (χ3n) is 4.31. The second kappa shape index (κ2) is 6.38. The lowest BCUT2D eigenvalue weighted by molar-refractivity contribution is -0.122. The lowest BCUT2D eigenvalue weighted by atomic mass is 9.82. The number of hydrogen-bond donors (Lipinski definition) is 2. The Bertz CT molecular complexity index is 662. The van der Waals surface area contributed by atoms with Crippen LogP contribution < -0.4 is 11.1 Å². The smallest absolute Gasteiger partial charge is 0.244 e. The predicted molar refractivity (Wildman–Crippen MR) is 88.4 cm³/mol. The Morgan fingerprint density at radius 3 is 2.50 bits per heavy atom. The Hall–Kier alpha value is -1.40. The lowest BCUT2D eigenvalue weighted by Gasteiger charge is -2.32. The fourth-order valence-corrected chi connectivity index (χ4v) is 3.79. The van der Waals surface area contributed by atoms with Gasteiger partial charge in [0.15, 0.2) is 9.84 Å². The van der Waals surface area contributed by atoms with E-state index in [1.54, 1.807) is 18.2 Å². The van der Waals surface area contributed by atoms with Gasteiger partial charge in [0.2, 0.25) is 5.91 Å². The number of benzene rings is 1. The van der Waals surface area contributed by atoms with Gasteiger partial charge in [-0.2, -0.15) is 0 Å². The monoisotopic (exact) mass is 324 g/mol. The molecule has 0 spiro atoms. The molecule has 1 amide bonds.